The maximum absolute atomic E-state index is 12.1. The van der Waals surface area contributed by atoms with Crippen molar-refractivity contribution in [2.75, 3.05) is 13.2 Å². The molecule has 2 nitrogen and oxygen atoms in total. The molecule has 1 aromatic carbocycles. The molecular formula is C14H18F3NO. The third-order valence-electron chi connectivity index (χ3n) is 3.32. The first kappa shape index (κ1) is 14.3. The van der Waals surface area contributed by atoms with Crippen LogP contribution in [0, 0.1) is 0 Å². The van der Waals surface area contributed by atoms with Crippen LogP contribution in [0.2, 0.25) is 0 Å². The normalized spacial score (nSPS) is 22.5. The number of ether oxygens (including phenoxy) is 1. The Labute approximate surface area is 111 Å². The van der Waals surface area contributed by atoms with E-state index in [-0.39, 0.29) is 18.8 Å². The van der Waals surface area contributed by atoms with Crippen molar-refractivity contribution in [3.63, 3.8) is 0 Å². The first-order valence-corrected chi connectivity index (χ1v) is 6.51. The Balaban J connectivity index is 1.98. The van der Waals surface area contributed by atoms with Crippen molar-refractivity contribution in [1.82, 2.24) is 5.32 Å². The zero-order valence-electron chi connectivity index (χ0n) is 10.8. The maximum atomic E-state index is 12.1. The number of fused-ring (bicyclic) bond motifs is 1. The Morgan fingerprint density at radius 1 is 1.32 bits per heavy atom. The van der Waals surface area contributed by atoms with Crippen LogP contribution >= 0.6 is 0 Å². The zero-order chi connectivity index (χ0) is 13.9. The lowest BCUT2D eigenvalue weighted by atomic mass is 10.1. The molecule has 1 aliphatic carbocycles. The Bertz CT molecular complexity index is 419. The summed E-state index contributed by atoms with van der Waals surface area (Å²) in [7, 11) is 0. The lowest BCUT2D eigenvalue weighted by molar-refractivity contribution is -0.149. The monoisotopic (exact) mass is 273 g/mol. The van der Waals surface area contributed by atoms with E-state index < -0.39 is 12.6 Å². The van der Waals surface area contributed by atoms with Crippen molar-refractivity contribution in [2.45, 2.75) is 38.1 Å². The molecule has 0 aliphatic heterocycles. The average molecular weight is 273 g/mol. The first-order chi connectivity index (χ1) is 9.01. The summed E-state index contributed by atoms with van der Waals surface area (Å²) in [5.41, 5.74) is 2.30. The highest BCUT2D eigenvalue weighted by Crippen LogP contribution is 2.33. The highest BCUT2D eigenvalue weighted by molar-refractivity contribution is 5.36. The zero-order valence-corrected chi connectivity index (χ0v) is 10.8. The third-order valence-corrected chi connectivity index (χ3v) is 3.32. The van der Waals surface area contributed by atoms with Crippen molar-refractivity contribution in [1.29, 1.82) is 0 Å². The van der Waals surface area contributed by atoms with Crippen LogP contribution in [0.1, 0.15) is 30.5 Å². The molecule has 0 aromatic heterocycles. The molecular weight excluding hydrogens is 255 g/mol. The highest BCUT2D eigenvalue weighted by atomic mass is 19.4. The van der Waals surface area contributed by atoms with Gasteiger partial charge in [0.1, 0.15) is 0 Å². The summed E-state index contributed by atoms with van der Waals surface area (Å²) in [5.74, 6) is 0. The minimum Gasteiger partial charge on any atom is -0.376 e. The fourth-order valence-corrected chi connectivity index (χ4v) is 2.50. The first-order valence-electron chi connectivity index (χ1n) is 6.51. The number of nitrogens with one attached hydrogen (secondary N) is 1. The molecule has 2 unspecified atom stereocenters. The maximum Gasteiger partial charge on any atom is 0.391 e. The number of halogens is 3. The molecule has 19 heavy (non-hydrogen) atoms. The minimum atomic E-state index is -4.15. The third kappa shape index (κ3) is 3.70. The van der Waals surface area contributed by atoms with Gasteiger partial charge in [0.15, 0.2) is 0 Å². The van der Waals surface area contributed by atoms with Gasteiger partial charge in [0.05, 0.1) is 25.2 Å². The highest BCUT2D eigenvalue weighted by Gasteiger charge is 2.33. The second kappa shape index (κ2) is 5.92. The molecule has 0 saturated carbocycles. The van der Waals surface area contributed by atoms with Crippen molar-refractivity contribution in [3.8, 4) is 0 Å². The van der Waals surface area contributed by atoms with Crippen molar-refractivity contribution >= 4 is 0 Å². The summed E-state index contributed by atoms with van der Waals surface area (Å²) in [6, 6.07) is 7.90. The predicted molar refractivity (Wildman–Crippen MR) is 67.0 cm³/mol. The molecule has 0 radical (unpaired) electrons. The van der Waals surface area contributed by atoms with E-state index in [1.54, 1.807) is 0 Å². The molecule has 0 amide bonds. The summed E-state index contributed by atoms with van der Waals surface area (Å²) in [4.78, 5) is 0. The summed E-state index contributed by atoms with van der Waals surface area (Å²) in [6.07, 6.45) is -4.58. The summed E-state index contributed by atoms with van der Waals surface area (Å²) in [5, 5.41) is 3.29. The average Bonchev–Trinajstić information content (AvgIpc) is 2.67. The summed E-state index contributed by atoms with van der Waals surface area (Å²) < 4.78 is 41.9. The van der Waals surface area contributed by atoms with Gasteiger partial charge < -0.3 is 10.1 Å². The van der Waals surface area contributed by atoms with E-state index in [1.165, 1.54) is 0 Å². The summed E-state index contributed by atoms with van der Waals surface area (Å²) >= 11 is 0. The van der Waals surface area contributed by atoms with Crippen LogP contribution < -0.4 is 5.32 Å². The number of rotatable bonds is 5. The van der Waals surface area contributed by atoms with Crippen LogP contribution in [0.25, 0.3) is 0 Å². The Morgan fingerprint density at radius 2 is 2.05 bits per heavy atom. The quantitative estimate of drug-likeness (QED) is 0.889. The van der Waals surface area contributed by atoms with E-state index in [1.807, 2.05) is 31.2 Å². The van der Waals surface area contributed by atoms with Gasteiger partial charge in [0, 0.05) is 6.42 Å². The van der Waals surface area contributed by atoms with Crippen LogP contribution in [0.4, 0.5) is 13.2 Å². The van der Waals surface area contributed by atoms with E-state index >= 15 is 0 Å². The van der Waals surface area contributed by atoms with E-state index in [2.05, 4.69) is 5.32 Å². The molecule has 106 valence electrons. The Morgan fingerprint density at radius 3 is 2.74 bits per heavy atom. The molecule has 2 atom stereocenters. The van der Waals surface area contributed by atoms with Crippen molar-refractivity contribution in [3.05, 3.63) is 35.4 Å². The minimum absolute atomic E-state index is 0.00515. The lowest BCUT2D eigenvalue weighted by Gasteiger charge is -2.22. The Kier molecular flexibility index (Phi) is 4.47. The topological polar surface area (TPSA) is 21.3 Å². The van der Waals surface area contributed by atoms with Crippen LogP contribution in [-0.2, 0) is 11.2 Å². The molecule has 1 N–H and O–H groups in total. The molecule has 5 heteroatoms. The van der Waals surface area contributed by atoms with Crippen LogP contribution in [0.5, 0.6) is 0 Å². The second-order valence-electron chi connectivity index (χ2n) is 4.71. The molecule has 2 rings (SSSR count). The summed E-state index contributed by atoms with van der Waals surface area (Å²) in [6.45, 7) is 2.47. The number of alkyl halides is 3. The van der Waals surface area contributed by atoms with Gasteiger partial charge in [0.25, 0.3) is 0 Å². The van der Waals surface area contributed by atoms with Crippen LogP contribution in [-0.4, -0.2) is 25.4 Å². The number of benzene rings is 1. The van der Waals surface area contributed by atoms with Gasteiger partial charge in [-0.2, -0.15) is 13.2 Å². The van der Waals surface area contributed by atoms with Gasteiger partial charge in [-0.3, -0.25) is 0 Å². The molecule has 0 bridgehead atoms. The smallest absolute Gasteiger partial charge is 0.376 e. The van der Waals surface area contributed by atoms with Gasteiger partial charge in [-0.05, 0) is 17.7 Å². The van der Waals surface area contributed by atoms with E-state index in [0.29, 0.717) is 6.42 Å². The van der Waals surface area contributed by atoms with E-state index in [0.717, 1.165) is 17.7 Å². The van der Waals surface area contributed by atoms with E-state index in [9.17, 15) is 13.2 Å². The van der Waals surface area contributed by atoms with Crippen molar-refractivity contribution < 1.29 is 17.9 Å². The van der Waals surface area contributed by atoms with Crippen LogP contribution in [0.15, 0.2) is 24.3 Å². The van der Waals surface area contributed by atoms with Gasteiger partial charge >= 0.3 is 6.18 Å². The van der Waals surface area contributed by atoms with Crippen LogP contribution in [0.3, 0.4) is 0 Å². The van der Waals surface area contributed by atoms with Gasteiger partial charge in [-0.25, -0.2) is 0 Å². The molecule has 1 aromatic rings. The standard InChI is InChI=1S/C14H18F3NO/c1-2-18-13-11-6-4-3-5-10(11)9-12(13)19-8-7-14(15,16)17/h3-6,12-13,18H,2,7-9H2,1H3. The molecule has 0 saturated heterocycles. The molecule has 0 spiro atoms. The van der Waals surface area contributed by atoms with Gasteiger partial charge in [0.2, 0.25) is 0 Å². The fourth-order valence-electron chi connectivity index (χ4n) is 2.50. The predicted octanol–water partition coefficient (Wildman–Crippen LogP) is 3.23. The SMILES string of the molecule is CCNC1c2ccccc2CC1OCCC(F)(F)F. The number of hydrogen-bond acceptors (Lipinski definition) is 2. The number of hydrogen-bond donors (Lipinski definition) is 1. The Hall–Kier alpha value is -1.07. The van der Waals surface area contributed by atoms with E-state index in [4.69, 9.17) is 4.74 Å². The van der Waals surface area contributed by atoms with Gasteiger partial charge in [-0.15, -0.1) is 0 Å². The second-order valence-corrected chi connectivity index (χ2v) is 4.71. The molecule has 0 fully saturated rings. The molecule has 0 heterocycles. The largest absolute Gasteiger partial charge is 0.391 e. The lowest BCUT2D eigenvalue weighted by Crippen LogP contribution is -2.31. The van der Waals surface area contributed by atoms with Gasteiger partial charge in [-0.1, -0.05) is 31.2 Å². The number of likely N-dealkylation sites (N-methyl/N-ethyl adjacent to an activating group) is 1. The fraction of sp³-hybridized carbons (Fsp3) is 0.571. The van der Waals surface area contributed by atoms with Crippen molar-refractivity contribution in [2.24, 2.45) is 0 Å². The molecule has 1 aliphatic rings.